The third kappa shape index (κ3) is 6.46. The number of rotatable bonds is 8. The van der Waals surface area contributed by atoms with Crippen LogP contribution in [0.3, 0.4) is 0 Å². The number of quaternary nitrogens is 1. The van der Waals surface area contributed by atoms with E-state index in [1.807, 2.05) is 24.3 Å². The second-order valence-corrected chi connectivity index (χ2v) is 8.05. The molecule has 1 fully saturated rings. The number of thiocarbonyl (C=S) groups is 1. The van der Waals surface area contributed by atoms with Crippen molar-refractivity contribution in [3.63, 3.8) is 0 Å². The lowest BCUT2D eigenvalue weighted by Gasteiger charge is -2.28. The van der Waals surface area contributed by atoms with Crippen LogP contribution in [0.25, 0.3) is 0 Å². The van der Waals surface area contributed by atoms with E-state index in [9.17, 15) is 0 Å². The highest BCUT2D eigenvalue weighted by molar-refractivity contribution is 7.80. The number of morpholine rings is 1. The number of anilines is 1. The Bertz CT molecular complexity index is 703. The van der Waals surface area contributed by atoms with Crippen LogP contribution >= 0.6 is 23.6 Å². The van der Waals surface area contributed by atoms with Gasteiger partial charge in [-0.2, -0.15) is 0 Å². The summed E-state index contributed by atoms with van der Waals surface area (Å²) in [5, 5.41) is 6.25. The molecule has 1 aromatic carbocycles. The van der Waals surface area contributed by atoms with E-state index in [-0.39, 0.29) is 0 Å². The molecule has 27 heavy (non-hydrogen) atoms. The molecule has 0 saturated carbocycles. The van der Waals surface area contributed by atoms with E-state index in [2.05, 4.69) is 27.7 Å². The predicted octanol–water partition coefficient (Wildman–Crippen LogP) is 2.26. The molecule has 146 valence electrons. The standard InChI is InChI=1S/C20H27N3O2S2/c1-24-18-6-2-5-17(15-18)21-20(26)23(16-19-7-3-14-27-19)9-4-8-22-10-12-25-13-11-22/h2-3,5-7,14-15H,4,8-13,16H2,1H3,(H,21,26)/p+1. The number of hydrogen-bond donors (Lipinski definition) is 2. The third-order valence-electron chi connectivity index (χ3n) is 4.69. The molecular formula is C20H28N3O2S2+. The summed E-state index contributed by atoms with van der Waals surface area (Å²) < 4.78 is 10.8. The third-order valence-corrected chi connectivity index (χ3v) is 5.91. The van der Waals surface area contributed by atoms with Gasteiger partial charge in [-0.15, -0.1) is 11.3 Å². The Labute approximate surface area is 170 Å². The summed E-state index contributed by atoms with van der Waals surface area (Å²) in [6.45, 7) is 6.92. The first kappa shape index (κ1) is 20.1. The Hall–Kier alpha value is -1.67. The van der Waals surface area contributed by atoms with Crippen molar-refractivity contribution in [3.8, 4) is 5.75 Å². The van der Waals surface area contributed by atoms with Crippen LogP contribution in [0, 0.1) is 0 Å². The molecule has 0 bridgehead atoms. The van der Waals surface area contributed by atoms with Gasteiger partial charge in [0.15, 0.2) is 5.11 Å². The van der Waals surface area contributed by atoms with E-state index >= 15 is 0 Å². The summed E-state index contributed by atoms with van der Waals surface area (Å²) in [7, 11) is 1.68. The SMILES string of the molecule is COc1cccc(NC(=S)N(CCC[NH+]2CCOCC2)Cc2cccs2)c1. The van der Waals surface area contributed by atoms with Gasteiger partial charge in [-0.3, -0.25) is 0 Å². The molecule has 0 spiro atoms. The normalized spacial score (nSPS) is 14.7. The van der Waals surface area contributed by atoms with Gasteiger partial charge in [0.1, 0.15) is 18.8 Å². The molecule has 5 nitrogen and oxygen atoms in total. The smallest absolute Gasteiger partial charge is 0.173 e. The summed E-state index contributed by atoms with van der Waals surface area (Å²) in [4.78, 5) is 5.22. The average molecular weight is 407 g/mol. The molecule has 2 heterocycles. The Balaban J connectivity index is 1.58. The van der Waals surface area contributed by atoms with Crippen molar-refractivity contribution in [2.45, 2.75) is 13.0 Å². The number of ether oxygens (including phenoxy) is 2. The van der Waals surface area contributed by atoms with Gasteiger partial charge in [-0.25, -0.2) is 0 Å². The Morgan fingerprint density at radius 2 is 2.15 bits per heavy atom. The highest BCUT2D eigenvalue weighted by Crippen LogP contribution is 2.18. The van der Waals surface area contributed by atoms with E-state index < -0.39 is 0 Å². The van der Waals surface area contributed by atoms with Gasteiger partial charge in [0, 0.05) is 29.6 Å². The molecule has 1 saturated heterocycles. The van der Waals surface area contributed by atoms with Gasteiger partial charge in [-0.1, -0.05) is 12.1 Å². The van der Waals surface area contributed by atoms with Crippen LogP contribution in [-0.2, 0) is 11.3 Å². The number of nitrogens with zero attached hydrogens (tertiary/aromatic N) is 1. The second-order valence-electron chi connectivity index (χ2n) is 6.63. The predicted molar refractivity (Wildman–Crippen MR) is 115 cm³/mol. The van der Waals surface area contributed by atoms with Gasteiger partial charge in [0.25, 0.3) is 0 Å². The molecular weight excluding hydrogens is 378 g/mol. The molecule has 0 radical (unpaired) electrons. The fraction of sp³-hybridized carbons (Fsp3) is 0.450. The lowest BCUT2D eigenvalue weighted by molar-refractivity contribution is -0.908. The number of methoxy groups -OCH3 is 1. The van der Waals surface area contributed by atoms with Crippen LogP contribution in [0.1, 0.15) is 11.3 Å². The fourth-order valence-electron chi connectivity index (χ4n) is 3.18. The first-order valence-corrected chi connectivity index (χ1v) is 10.7. The Morgan fingerprint density at radius 1 is 1.30 bits per heavy atom. The summed E-state index contributed by atoms with van der Waals surface area (Å²) >= 11 is 7.50. The second kappa shape index (κ2) is 10.6. The van der Waals surface area contributed by atoms with Crippen LogP contribution in [0.2, 0.25) is 0 Å². The van der Waals surface area contributed by atoms with E-state index in [1.54, 1.807) is 23.3 Å². The van der Waals surface area contributed by atoms with Crippen molar-refractivity contribution in [2.24, 2.45) is 0 Å². The molecule has 2 aromatic rings. The van der Waals surface area contributed by atoms with E-state index in [0.717, 1.165) is 68.9 Å². The molecule has 3 rings (SSSR count). The van der Waals surface area contributed by atoms with Gasteiger partial charge < -0.3 is 24.6 Å². The molecule has 0 atom stereocenters. The van der Waals surface area contributed by atoms with Crippen LogP contribution in [0.15, 0.2) is 41.8 Å². The van der Waals surface area contributed by atoms with E-state index in [1.165, 1.54) is 4.88 Å². The Morgan fingerprint density at radius 3 is 2.89 bits per heavy atom. The molecule has 1 aliphatic heterocycles. The maximum Gasteiger partial charge on any atom is 0.173 e. The highest BCUT2D eigenvalue weighted by atomic mass is 32.1. The summed E-state index contributed by atoms with van der Waals surface area (Å²) in [6.07, 6.45) is 1.11. The first-order chi connectivity index (χ1) is 13.2. The largest absolute Gasteiger partial charge is 0.497 e. The molecule has 2 N–H and O–H groups in total. The number of nitrogens with one attached hydrogen (secondary N) is 2. The van der Waals surface area contributed by atoms with Gasteiger partial charge >= 0.3 is 0 Å². The van der Waals surface area contributed by atoms with Gasteiger partial charge in [-0.05, 0) is 35.8 Å². The van der Waals surface area contributed by atoms with Crippen molar-refractivity contribution in [1.29, 1.82) is 0 Å². The minimum atomic E-state index is 0.758. The van der Waals surface area contributed by atoms with Crippen LogP contribution in [-0.4, -0.2) is 56.5 Å². The van der Waals surface area contributed by atoms with Crippen LogP contribution in [0.4, 0.5) is 5.69 Å². The zero-order valence-corrected chi connectivity index (χ0v) is 17.4. The molecule has 1 aromatic heterocycles. The first-order valence-electron chi connectivity index (χ1n) is 9.38. The molecule has 0 unspecified atom stereocenters. The quantitative estimate of drug-likeness (QED) is 0.658. The Kier molecular flexibility index (Phi) is 7.89. The summed E-state index contributed by atoms with van der Waals surface area (Å²) in [5.74, 6) is 0.823. The number of thiophene rings is 1. The zero-order valence-electron chi connectivity index (χ0n) is 15.8. The van der Waals surface area contributed by atoms with Gasteiger partial charge in [0.05, 0.1) is 33.4 Å². The topological polar surface area (TPSA) is 38.2 Å². The van der Waals surface area contributed by atoms with Crippen molar-refractivity contribution < 1.29 is 14.4 Å². The highest BCUT2D eigenvalue weighted by Gasteiger charge is 2.16. The number of benzene rings is 1. The molecule has 0 aliphatic carbocycles. The lowest BCUT2D eigenvalue weighted by atomic mass is 10.3. The molecule has 1 aliphatic rings. The zero-order chi connectivity index (χ0) is 18.9. The average Bonchev–Trinajstić information content (AvgIpc) is 3.21. The van der Waals surface area contributed by atoms with Crippen molar-refractivity contribution in [1.82, 2.24) is 4.90 Å². The maximum absolute atomic E-state index is 5.73. The lowest BCUT2D eigenvalue weighted by Crippen LogP contribution is -3.14. The summed E-state index contributed by atoms with van der Waals surface area (Å²) in [5.41, 5.74) is 0.953. The van der Waals surface area contributed by atoms with Crippen molar-refractivity contribution >= 4 is 34.4 Å². The minimum Gasteiger partial charge on any atom is -0.497 e. The minimum absolute atomic E-state index is 0.758. The fourth-order valence-corrected chi connectivity index (χ4v) is 4.17. The maximum atomic E-state index is 5.73. The van der Waals surface area contributed by atoms with Gasteiger partial charge in [0.2, 0.25) is 0 Å². The van der Waals surface area contributed by atoms with E-state index in [0.29, 0.717) is 0 Å². The monoisotopic (exact) mass is 406 g/mol. The van der Waals surface area contributed by atoms with Crippen molar-refractivity contribution in [2.75, 3.05) is 51.8 Å². The summed E-state index contributed by atoms with van der Waals surface area (Å²) in [6, 6.07) is 12.1. The number of hydrogen-bond acceptors (Lipinski definition) is 4. The molecule has 0 amide bonds. The van der Waals surface area contributed by atoms with Crippen LogP contribution < -0.4 is 15.0 Å². The van der Waals surface area contributed by atoms with Crippen LogP contribution in [0.5, 0.6) is 5.75 Å². The molecule has 7 heteroatoms. The van der Waals surface area contributed by atoms with E-state index in [4.69, 9.17) is 21.7 Å². The van der Waals surface area contributed by atoms with Crippen molar-refractivity contribution in [3.05, 3.63) is 46.7 Å².